The van der Waals surface area contributed by atoms with Crippen LogP contribution in [0.25, 0.3) is 0 Å². The second-order valence-electron chi connectivity index (χ2n) is 5.08. The standard InChI is InChI=1S/C13H23N3/c1-11-6-7-12(2)16(11)14-9-13-5-4-8-15(3)10-13/h6-7,13-14H,4-5,8-10H2,1-3H3. The van der Waals surface area contributed by atoms with E-state index in [9.17, 15) is 0 Å². The van der Waals surface area contributed by atoms with Gasteiger partial charge in [-0.15, -0.1) is 0 Å². The van der Waals surface area contributed by atoms with E-state index >= 15 is 0 Å². The van der Waals surface area contributed by atoms with Gasteiger partial charge in [0, 0.05) is 24.5 Å². The second kappa shape index (κ2) is 4.91. The Morgan fingerprint density at radius 1 is 1.31 bits per heavy atom. The van der Waals surface area contributed by atoms with Crippen LogP contribution in [0.15, 0.2) is 12.1 Å². The van der Waals surface area contributed by atoms with E-state index in [4.69, 9.17) is 0 Å². The summed E-state index contributed by atoms with van der Waals surface area (Å²) >= 11 is 0. The van der Waals surface area contributed by atoms with Gasteiger partial charge in [0.05, 0.1) is 0 Å². The number of hydrogen-bond acceptors (Lipinski definition) is 2. The van der Waals surface area contributed by atoms with Gasteiger partial charge in [0.2, 0.25) is 0 Å². The van der Waals surface area contributed by atoms with Crippen LogP contribution in [-0.2, 0) is 0 Å². The van der Waals surface area contributed by atoms with Gasteiger partial charge in [-0.2, -0.15) is 0 Å². The monoisotopic (exact) mass is 221 g/mol. The lowest BCUT2D eigenvalue weighted by molar-refractivity contribution is 0.215. The molecule has 0 aliphatic carbocycles. The van der Waals surface area contributed by atoms with Gasteiger partial charge in [0.15, 0.2) is 0 Å². The van der Waals surface area contributed by atoms with Crippen LogP contribution in [0.3, 0.4) is 0 Å². The van der Waals surface area contributed by atoms with Gasteiger partial charge in [-0.05, 0) is 58.3 Å². The molecule has 1 N–H and O–H groups in total. The average Bonchev–Trinajstić information content (AvgIpc) is 2.56. The minimum atomic E-state index is 0.792. The van der Waals surface area contributed by atoms with Crippen molar-refractivity contribution in [1.29, 1.82) is 0 Å². The summed E-state index contributed by atoms with van der Waals surface area (Å²) in [6, 6.07) is 4.32. The third-order valence-corrected chi connectivity index (χ3v) is 3.53. The maximum absolute atomic E-state index is 3.54. The van der Waals surface area contributed by atoms with Crippen LogP contribution in [0, 0.1) is 19.8 Å². The van der Waals surface area contributed by atoms with Crippen molar-refractivity contribution in [3.8, 4) is 0 Å². The maximum atomic E-state index is 3.54. The molecule has 0 spiro atoms. The molecular weight excluding hydrogens is 198 g/mol. The number of nitrogens with zero attached hydrogens (tertiary/aromatic N) is 2. The first-order valence-electron chi connectivity index (χ1n) is 6.24. The number of nitrogens with one attached hydrogen (secondary N) is 1. The van der Waals surface area contributed by atoms with E-state index in [0.29, 0.717) is 0 Å². The Morgan fingerprint density at radius 2 is 2.00 bits per heavy atom. The van der Waals surface area contributed by atoms with Gasteiger partial charge in [0.1, 0.15) is 0 Å². The zero-order valence-electron chi connectivity index (χ0n) is 10.7. The Labute approximate surface area is 98.4 Å². The van der Waals surface area contributed by atoms with Crippen molar-refractivity contribution in [3.05, 3.63) is 23.5 Å². The van der Waals surface area contributed by atoms with Crippen molar-refractivity contribution in [2.75, 3.05) is 32.1 Å². The molecule has 90 valence electrons. The van der Waals surface area contributed by atoms with Crippen LogP contribution < -0.4 is 5.43 Å². The minimum Gasteiger partial charge on any atom is -0.326 e. The summed E-state index contributed by atoms with van der Waals surface area (Å²) < 4.78 is 2.20. The number of aryl methyl sites for hydroxylation is 2. The molecule has 3 heteroatoms. The molecule has 1 aromatic rings. The van der Waals surface area contributed by atoms with Gasteiger partial charge in [-0.3, -0.25) is 4.68 Å². The van der Waals surface area contributed by atoms with Gasteiger partial charge in [-0.1, -0.05) is 0 Å². The van der Waals surface area contributed by atoms with Crippen molar-refractivity contribution in [2.45, 2.75) is 26.7 Å². The molecule has 1 aliphatic heterocycles. The smallest absolute Gasteiger partial charge is 0.0366 e. The minimum absolute atomic E-state index is 0.792. The number of piperidine rings is 1. The molecule has 0 saturated carbocycles. The van der Waals surface area contributed by atoms with Crippen LogP contribution in [0.1, 0.15) is 24.2 Å². The predicted molar refractivity (Wildman–Crippen MR) is 68.4 cm³/mol. The van der Waals surface area contributed by atoms with Gasteiger partial charge < -0.3 is 10.3 Å². The highest BCUT2D eigenvalue weighted by molar-refractivity contribution is 5.15. The van der Waals surface area contributed by atoms with Crippen molar-refractivity contribution in [3.63, 3.8) is 0 Å². The van der Waals surface area contributed by atoms with E-state index in [1.807, 2.05) is 0 Å². The average molecular weight is 221 g/mol. The fraction of sp³-hybridized carbons (Fsp3) is 0.692. The molecule has 0 radical (unpaired) electrons. The quantitative estimate of drug-likeness (QED) is 0.842. The summed E-state index contributed by atoms with van der Waals surface area (Å²) in [4.78, 5) is 2.44. The molecule has 1 unspecified atom stereocenters. The number of likely N-dealkylation sites (tertiary alicyclic amines) is 1. The second-order valence-corrected chi connectivity index (χ2v) is 5.08. The molecule has 16 heavy (non-hydrogen) atoms. The Morgan fingerprint density at radius 3 is 2.62 bits per heavy atom. The molecule has 2 rings (SSSR count). The van der Waals surface area contributed by atoms with Crippen LogP contribution in [0.4, 0.5) is 0 Å². The lowest BCUT2D eigenvalue weighted by Gasteiger charge is -2.30. The van der Waals surface area contributed by atoms with E-state index in [1.54, 1.807) is 0 Å². The number of aromatic nitrogens is 1. The zero-order chi connectivity index (χ0) is 11.5. The molecule has 0 amide bonds. The largest absolute Gasteiger partial charge is 0.326 e. The van der Waals surface area contributed by atoms with Crippen molar-refractivity contribution in [2.24, 2.45) is 5.92 Å². The van der Waals surface area contributed by atoms with Gasteiger partial charge >= 0.3 is 0 Å². The summed E-state index contributed by atoms with van der Waals surface area (Å²) in [5, 5.41) is 0. The Hall–Kier alpha value is -0.960. The summed E-state index contributed by atoms with van der Waals surface area (Å²) in [5.74, 6) is 0.792. The SMILES string of the molecule is Cc1ccc(C)n1NCC1CCCN(C)C1. The molecule has 1 aliphatic rings. The lowest BCUT2D eigenvalue weighted by Crippen LogP contribution is -2.37. The Balaban J connectivity index is 1.87. The number of rotatable bonds is 3. The predicted octanol–water partition coefficient (Wildman–Crippen LogP) is 1.99. The van der Waals surface area contributed by atoms with Crippen molar-refractivity contribution in [1.82, 2.24) is 9.58 Å². The van der Waals surface area contributed by atoms with Crippen molar-refractivity contribution >= 4 is 0 Å². The van der Waals surface area contributed by atoms with Crippen LogP contribution in [-0.4, -0.2) is 36.3 Å². The fourth-order valence-corrected chi connectivity index (χ4v) is 2.58. The topological polar surface area (TPSA) is 20.2 Å². The van der Waals surface area contributed by atoms with E-state index in [2.05, 4.69) is 48.0 Å². The Bertz CT molecular complexity index is 323. The van der Waals surface area contributed by atoms with Crippen LogP contribution in [0.5, 0.6) is 0 Å². The van der Waals surface area contributed by atoms with E-state index in [-0.39, 0.29) is 0 Å². The molecule has 0 aromatic carbocycles. The van der Waals surface area contributed by atoms with Crippen LogP contribution in [0.2, 0.25) is 0 Å². The highest BCUT2D eigenvalue weighted by Crippen LogP contribution is 2.14. The summed E-state index contributed by atoms with van der Waals surface area (Å²) in [5.41, 5.74) is 6.13. The highest BCUT2D eigenvalue weighted by Gasteiger charge is 2.16. The highest BCUT2D eigenvalue weighted by atomic mass is 15.4. The van der Waals surface area contributed by atoms with Crippen LogP contribution >= 0.6 is 0 Å². The fourth-order valence-electron chi connectivity index (χ4n) is 2.58. The molecule has 1 atom stereocenters. The third-order valence-electron chi connectivity index (χ3n) is 3.53. The third kappa shape index (κ3) is 2.59. The van der Waals surface area contributed by atoms with Crippen molar-refractivity contribution < 1.29 is 0 Å². The molecule has 0 bridgehead atoms. The molecular formula is C13H23N3. The van der Waals surface area contributed by atoms with E-state index in [0.717, 1.165) is 12.5 Å². The molecule has 1 saturated heterocycles. The van der Waals surface area contributed by atoms with E-state index < -0.39 is 0 Å². The van der Waals surface area contributed by atoms with E-state index in [1.165, 1.54) is 37.3 Å². The number of hydrogen-bond donors (Lipinski definition) is 1. The first kappa shape index (κ1) is 11.5. The molecule has 3 nitrogen and oxygen atoms in total. The lowest BCUT2D eigenvalue weighted by atomic mass is 9.99. The molecule has 2 heterocycles. The summed E-state index contributed by atoms with van der Waals surface area (Å²) in [6.45, 7) is 7.87. The maximum Gasteiger partial charge on any atom is 0.0366 e. The van der Waals surface area contributed by atoms with Gasteiger partial charge in [-0.25, -0.2) is 0 Å². The molecule has 1 aromatic heterocycles. The van der Waals surface area contributed by atoms with Gasteiger partial charge in [0.25, 0.3) is 0 Å². The first-order valence-corrected chi connectivity index (χ1v) is 6.24. The summed E-state index contributed by atoms with van der Waals surface area (Å²) in [7, 11) is 2.22. The molecule has 1 fully saturated rings. The normalized spacial score (nSPS) is 22.3. The Kier molecular flexibility index (Phi) is 3.54. The first-order chi connectivity index (χ1) is 7.66. The zero-order valence-corrected chi connectivity index (χ0v) is 10.7. The summed E-state index contributed by atoms with van der Waals surface area (Å²) in [6.07, 6.45) is 2.70.